The standard InChI is InChI=1S/C29H42/c1-6-8-10-14-20-29(21-15-11-9-7-2)26-17-13-12-16-24(26)25-19-18-23(22-27(25)29)28(3,4)5/h12-13,16-19,22H,6-11,14-15,20-21H2,1-5H3. The van der Waals surface area contributed by atoms with Gasteiger partial charge < -0.3 is 0 Å². The highest BCUT2D eigenvalue weighted by molar-refractivity contribution is 5.81. The van der Waals surface area contributed by atoms with E-state index in [4.69, 9.17) is 0 Å². The van der Waals surface area contributed by atoms with Gasteiger partial charge >= 0.3 is 0 Å². The van der Waals surface area contributed by atoms with Crippen molar-refractivity contribution in [2.24, 2.45) is 0 Å². The molecule has 0 heterocycles. The van der Waals surface area contributed by atoms with Gasteiger partial charge in [-0.3, -0.25) is 0 Å². The Morgan fingerprint density at radius 3 is 1.83 bits per heavy atom. The third-order valence-corrected chi connectivity index (χ3v) is 7.05. The SMILES string of the molecule is CCCCCCC1(CCCCCC)c2ccccc2-c2ccc(C(C)(C)C)cc21. The summed E-state index contributed by atoms with van der Waals surface area (Å²) < 4.78 is 0. The first kappa shape index (κ1) is 22.1. The van der Waals surface area contributed by atoms with Gasteiger partial charge in [0.25, 0.3) is 0 Å². The summed E-state index contributed by atoms with van der Waals surface area (Å²) in [6.07, 6.45) is 13.4. The molecule has 2 aromatic rings. The van der Waals surface area contributed by atoms with E-state index in [1.165, 1.54) is 80.9 Å². The molecule has 1 aliphatic rings. The van der Waals surface area contributed by atoms with Crippen molar-refractivity contribution in [1.82, 2.24) is 0 Å². The lowest BCUT2D eigenvalue weighted by Gasteiger charge is -2.34. The van der Waals surface area contributed by atoms with Crippen molar-refractivity contribution in [2.75, 3.05) is 0 Å². The molecule has 3 rings (SSSR count). The van der Waals surface area contributed by atoms with E-state index < -0.39 is 0 Å². The van der Waals surface area contributed by atoms with Gasteiger partial charge in [0.15, 0.2) is 0 Å². The molecule has 0 N–H and O–H groups in total. The Morgan fingerprint density at radius 2 is 1.24 bits per heavy atom. The monoisotopic (exact) mass is 390 g/mol. The van der Waals surface area contributed by atoms with Gasteiger partial charge in [-0.05, 0) is 46.1 Å². The zero-order valence-corrected chi connectivity index (χ0v) is 19.6. The Hall–Kier alpha value is -1.56. The number of benzene rings is 2. The van der Waals surface area contributed by atoms with E-state index in [1.807, 2.05) is 0 Å². The Bertz CT molecular complexity index is 778. The zero-order chi connectivity index (χ0) is 20.9. The molecule has 0 fully saturated rings. The molecule has 0 bridgehead atoms. The molecule has 29 heavy (non-hydrogen) atoms. The summed E-state index contributed by atoms with van der Waals surface area (Å²) in [5.74, 6) is 0. The molecule has 0 saturated carbocycles. The van der Waals surface area contributed by atoms with Crippen LogP contribution in [0.4, 0.5) is 0 Å². The van der Waals surface area contributed by atoms with Crippen LogP contribution in [0.25, 0.3) is 11.1 Å². The Kier molecular flexibility index (Phi) is 7.25. The smallest absolute Gasteiger partial charge is 0.0215 e. The highest BCUT2D eigenvalue weighted by atomic mass is 14.4. The minimum Gasteiger partial charge on any atom is -0.0654 e. The number of hydrogen-bond acceptors (Lipinski definition) is 0. The summed E-state index contributed by atoms with van der Waals surface area (Å²) in [6.45, 7) is 11.7. The minimum absolute atomic E-state index is 0.194. The molecular formula is C29H42. The second-order valence-electron chi connectivity index (χ2n) is 10.3. The van der Waals surface area contributed by atoms with Crippen molar-refractivity contribution in [3.63, 3.8) is 0 Å². The number of hydrogen-bond donors (Lipinski definition) is 0. The summed E-state index contributed by atoms with van der Waals surface area (Å²) in [4.78, 5) is 0. The van der Waals surface area contributed by atoms with Crippen LogP contribution in [0.3, 0.4) is 0 Å². The van der Waals surface area contributed by atoms with Crippen molar-refractivity contribution in [3.05, 3.63) is 59.2 Å². The van der Waals surface area contributed by atoms with Crippen LogP contribution in [0.1, 0.15) is 116 Å². The number of unbranched alkanes of at least 4 members (excludes halogenated alkanes) is 6. The highest BCUT2D eigenvalue weighted by Gasteiger charge is 2.42. The fourth-order valence-corrected chi connectivity index (χ4v) is 5.29. The van der Waals surface area contributed by atoms with Crippen LogP contribution in [0, 0.1) is 0 Å². The molecule has 0 spiro atoms. The fraction of sp³-hybridized carbons (Fsp3) is 0.586. The minimum atomic E-state index is 0.194. The van der Waals surface area contributed by atoms with Gasteiger partial charge in [-0.15, -0.1) is 0 Å². The number of rotatable bonds is 10. The van der Waals surface area contributed by atoms with Crippen molar-refractivity contribution in [1.29, 1.82) is 0 Å². The summed E-state index contributed by atoms with van der Waals surface area (Å²) in [6, 6.07) is 16.7. The first-order valence-corrected chi connectivity index (χ1v) is 12.2. The number of fused-ring (bicyclic) bond motifs is 3. The van der Waals surface area contributed by atoms with Gasteiger partial charge in [0.1, 0.15) is 0 Å². The molecule has 0 nitrogen and oxygen atoms in total. The van der Waals surface area contributed by atoms with Crippen LogP contribution in [0.5, 0.6) is 0 Å². The molecule has 0 radical (unpaired) electrons. The third kappa shape index (κ3) is 4.62. The van der Waals surface area contributed by atoms with Gasteiger partial charge in [0, 0.05) is 5.41 Å². The van der Waals surface area contributed by atoms with Crippen LogP contribution >= 0.6 is 0 Å². The maximum Gasteiger partial charge on any atom is 0.0215 e. The van der Waals surface area contributed by atoms with E-state index in [9.17, 15) is 0 Å². The Balaban J connectivity index is 2.06. The van der Waals surface area contributed by atoms with Gasteiger partial charge in [-0.2, -0.15) is 0 Å². The average Bonchev–Trinajstić information content (AvgIpc) is 2.98. The quantitative estimate of drug-likeness (QED) is 0.355. The predicted octanol–water partition coefficient (Wildman–Crippen LogP) is 9.19. The topological polar surface area (TPSA) is 0 Å². The van der Waals surface area contributed by atoms with Gasteiger partial charge in [0.2, 0.25) is 0 Å². The normalized spacial score (nSPS) is 14.7. The van der Waals surface area contributed by atoms with Crippen molar-refractivity contribution in [2.45, 2.75) is 110 Å². The van der Waals surface area contributed by atoms with E-state index in [0.29, 0.717) is 0 Å². The molecule has 158 valence electrons. The largest absolute Gasteiger partial charge is 0.0654 e. The van der Waals surface area contributed by atoms with Gasteiger partial charge in [-0.1, -0.05) is 128 Å². The molecule has 0 saturated heterocycles. The van der Waals surface area contributed by atoms with Crippen LogP contribution in [-0.2, 0) is 10.8 Å². The summed E-state index contributed by atoms with van der Waals surface area (Å²) in [7, 11) is 0. The average molecular weight is 391 g/mol. The molecule has 0 amide bonds. The second kappa shape index (κ2) is 9.50. The summed E-state index contributed by atoms with van der Waals surface area (Å²) in [5, 5.41) is 0. The van der Waals surface area contributed by atoms with E-state index in [1.54, 1.807) is 11.1 Å². The van der Waals surface area contributed by atoms with E-state index in [2.05, 4.69) is 77.1 Å². The maximum atomic E-state index is 2.58. The van der Waals surface area contributed by atoms with Crippen LogP contribution in [0.2, 0.25) is 0 Å². The van der Waals surface area contributed by atoms with Crippen molar-refractivity contribution >= 4 is 0 Å². The van der Waals surface area contributed by atoms with Crippen molar-refractivity contribution in [3.8, 4) is 11.1 Å². The first-order chi connectivity index (χ1) is 13.9. The van der Waals surface area contributed by atoms with Gasteiger partial charge in [0.05, 0.1) is 0 Å². The fourth-order valence-electron chi connectivity index (χ4n) is 5.29. The lowest BCUT2D eigenvalue weighted by Crippen LogP contribution is -2.26. The predicted molar refractivity (Wildman–Crippen MR) is 129 cm³/mol. The summed E-state index contributed by atoms with van der Waals surface area (Å²) >= 11 is 0. The van der Waals surface area contributed by atoms with Crippen LogP contribution < -0.4 is 0 Å². The van der Waals surface area contributed by atoms with Crippen LogP contribution in [-0.4, -0.2) is 0 Å². The second-order valence-corrected chi connectivity index (χ2v) is 10.3. The molecular weight excluding hydrogens is 348 g/mol. The maximum absolute atomic E-state index is 2.58. The molecule has 0 heteroatoms. The van der Waals surface area contributed by atoms with Crippen LogP contribution in [0.15, 0.2) is 42.5 Å². The van der Waals surface area contributed by atoms with E-state index in [0.717, 1.165) is 0 Å². The third-order valence-electron chi connectivity index (χ3n) is 7.05. The van der Waals surface area contributed by atoms with E-state index in [-0.39, 0.29) is 10.8 Å². The van der Waals surface area contributed by atoms with E-state index >= 15 is 0 Å². The van der Waals surface area contributed by atoms with Crippen molar-refractivity contribution < 1.29 is 0 Å². The molecule has 0 aromatic heterocycles. The zero-order valence-electron chi connectivity index (χ0n) is 19.6. The Labute approximate surface area is 180 Å². The van der Waals surface area contributed by atoms with Gasteiger partial charge in [-0.25, -0.2) is 0 Å². The Morgan fingerprint density at radius 1 is 0.655 bits per heavy atom. The first-order valence-electron chi connectivity index (χ1n) is 12.2. The molecule has 0 unspecified atom stereocenters. The molecule has 0 aliphatic heterocycles. The molecule has 2 aromatic carbocycles. The summed E-state index contributed by atoms with van der Waals surface area (Å²) in [5.41, 5.74) is 8.12. The lowest BCUT2D eigenvalue weighted by molar-refractivity contribution is 0.400. The molecule has 1 aliphatic carbocycles. The highest BCUT2D eigenvalue weighted by Crippen LogP contribution is 2.54. The lowest BCUT2D eigenvalue weighted by atomic mass is 9.69. The molecule has 0 atom stereocenters.